The number of carbonyl (C=O) groups is 11. The van der Waals surface area contributed by atoms with Gasteiger partial charge in [-0.25, -0.2) is 4.79 Å². The Morgan fingerprint density at radius 2 is 1.54 bits per heavy atom. The number of phenolic OH excluding ortho intramolecular Hbond substituents is 1. The number of imide groups is 1. The number of nitrogens with zero attached hydrogens (tertiary/aromatic N) is 2. The van der Waals surface area contributed by atoms with E-state index in [1.807, 2.05) is 13.8 Å². The van der Waals surface area contributed by atoms with Crippen LogP contribution in [0.1, 0.15) is 72.3 Å². The first-order valence-electron chi connectivity index (χ1n) is 22.9. The molecule has 2 heterocycles. The van der Waals surface area contributed by atoms with Crippen molar-refractivity contribution in [3.63, 3.8) is 0 Å². The molecule has 1 aromatic rings. The molecule has 26 heteroatoms. The topological polar surface area (TPSA) is 400 Å². The summed E-state index contributed by atoms with van der Waals surface area (Å²) in [5.41, 5.74) is 10.2. The van der Waals surface area contributed by atoms with E-state index in [-0.39, 0.29) is 42.5 Å². The van der Waals surface area contributed by atoms with Crippen molar-refractivity contribution >= 4 is 65.1 Å². The quantitative estimate of drug-likeness (QED) is 0.0883. The Kier molecular flexibility index (Phi) is 21.9. The minimum atomic E-state index is -2.57. The van der Waals surface area contributed by atoms with Gasteiger partial charge in [-0.05, 0) is 56.6 Å². The Morgan fingerprint density at radius 1 is 0.901 bits per heavy atom. The van der Waals surface area contributed by atoms with Gasteiger partial charge in [0.05, 0.1) is 25.1 Å². The maximum Gasteiger partial charge on any atom is 0.318 e. The zero-order valence-electron chi connectivity index (χ0n) is 40.7. The highest BCUT2D eigenvalue weighted by molar-refractivity contribution is 6.03. The van der Waals surface area contributed by atoms with Crippen LogP contribution in [0.25, 0.3) is 0 Å². The predicted octanol–water partition coefficient (Wildman–Crippen LogP) is -4.26. The number of para-hydroxylation sites is 1. The minimum absolute atomic E-state index is 0.00294. The van der Waals surface area contributed by atoms with E-state index in [4.69, 9.17) is 16.2 Å². The van der Waals surface area contributed by atoms with Gasteiger partial charge in [-0.2, -0.15) is 0 Å². The van der Waals surface area contributed by atoms with Crippen molar-refractivity contribution in [2.45, 2.75) is 128 Å². The van der Waals surface area contributed by atoms with Crippen LogP contribution in [0.15, 0.2) is 36.0 Å². The highest BCUT2D eigenvalue weighted by Gasteiger charge is 2.45. The number of ether oxygens (including phenoxy) is 1. The fraction of sp³-hybridized carbons (Fsp3) is 0.578. The normalized spacial score (nSPS) is 26.7. The highest BCUT2D eigenvalue weighted by Crippen LogP contribution is 2.26. The van der Waals surface area contributed by atoms with Gasteiger partial charge in [0.15, 0.2) is 12.2 Å². The van der Waals surface area contributed by atoms with Gasteiger partial charge >= 0.3 is 6.03 Å². The zero-order valence-corrected chi connectivity index (χ0v) is 40.7. The van der Waals surface area contributed by atoms with Crippen molar-refractivity contribution < 1.29 is 72.8 Å². The first-order valence-corrected chi connectivity index (χ1v) is 22.9. The molecule has 3 rings (SSSR count). The van der Waals surface area contributed by atoms with Crippen molar-refractivity contribution in [2.24, 2.45) is 23.3 Å². The smallest absolute Gasteiger partial charge is 0.318 e. The third kappa shape index (κ3) is 16.5. The molecule has 2 fully saturated rings. The molecule has 0 aliphatic carbocycles. The van der Waals surface area contributed by atoms with Gasteiger partial charge in [0.1, 0.15) is 41.7 Å². The Balaban J connectivity index is 2.25. The molecule has 0 aromatic heterocycles. The lowest BCUT2D eigenvalue weighted by Crippen LogP contribution is -2.64. The van der Waals surface area contributed by atoms with Crippen LogP contribution in [0.3, 0.4) is 0 Å². The number of carbonyl (C=O) groups excluding carboxylic acids is 11. The number of urea groups is 1. The maximum atomic E-state index is 14.6. The fourth-order valence-electron chi connectivity index (χ4n) is 7.78. The summed E-state index contributed by atoms with van der Waals surface area (Å²) in [7, 11) is 2.28. The molecule has 0 radical (unpaired) electrons. The van der Waals surface area contributed by atoms with Gasteiger partial charge in [0.2, 0.25) is 41.4 Å². The molecule has 71 heavy (non-hydrogen) atoms. The number of aliphatic hydroxyl groups excluding tert-OH is 2. The van der Waals surface area contributed by atoms with Gasteiger partial charge in [-0.3, -0.25) is 53.3 Å². The largest absolute Gasteiger partial charge is 0.508 e. The second-order valence-electron chi connectivity index (χ2n) is 17.7. The van der Waals surface area contributed by atoms with Crippen LogP contribution in [-0.2, 0) is 59.1 Å². The summed E-state index contributed by atoms with van der Waals surface area (Å²) in [4.78, 5) is 151. The summed E-state index contributed by atoms with van der Waals surface area (Å²) in [5.74, 6) is -12.1. The van der Waals surface area contributed by atoms with E-state index in [1.54, 1.807) is 12.2 Å². The van der Waals surface area contributed by atoms with E-state index >= 15 is 0 Å². The first-order chi connectivity index (χ1) is 33.3. The van der Waals surface area contributed by atoms with Crippen LogP contribution in [0.4, 0.5) is 4.79 Å². The van der Waals surface area contributed by atoms with Crippen molar-refractivity contribution in [2.75, 3.05) is 27.2 Å². The molecule has 0 saturated carbocycles. The highest BCUT2D eigenvalue weighted by atomic mass is 16.5. The molecule has 392 valence electrons. The number of aromatic hydroxyl groups is 1. The number of benzene rings is 1. The summed E-state index contributed by atoms with van der Waals surface area (Å²) < 4.78 is 5.40. The number of amides is 12. The molecule has 0 bridgehead atoms. The number of phenols is 1. The van der Waals surface area contributed by atoms with E-state index in [2.05, 4.69) is 31.9 Å². The van der Waals surface area contributed by atoms with E-state index in [9.17, 15) is 68.1 Å². The number of nitrogens with one attached hydrogen (secondary N) is 7. The van der Waals surface area contributed by atoms with E-state index < -0.39 is 145 Å². The summed E-state index contributed by atoms with van der Waals surface area (Å²) >= 11 is 0. The lowest BCUT2D eigenvalue weighted by molar-refractivity contribution is -0.146. The fourth-order valence-corrected chi connectivity index (χ4v) is 7.78. The summed E-state index contributed by atoms with van der Waals surface area (Å²) in [5, 5.41) is 49.0. The van der Waals surface area contributed by atoms with Gasteiger partial charge < -0.3 is 73.2 Å². The Labute approximate surface area is 409 Å². The predicted molar refractivity (Wildman–Crippen MR) is 249 cm³/mol. The molecule has 2 aliphatic rings. The molecule has 0 spiro atoms. The van der Waals surface area contributed by atoms with Crippen molar-refractivity contribution in [3.8, 4) is 5.75 Å². The van der Waals surface area contributed by atoms with Crippen LogP contribution in [-0.4, -0.2) is 172 Å². The molecule has 2 saturated heterocycles. The van der Waals surface area contributed by atoms with Crippen LogP contribution in [0.2, 0.25) is 0 Å². The average Bonchev–Trinajstić information content (AvgIpc) is 3.72. The lowest BCUT2D eigenvalue weighted by Gasteiger charge is -2.33. The van der Waals surface area contributed by atoms with Crippen LogP contribution in [0, 0.1) is 11.8 Å². The number of hydrogen-bond acceptors (Lipinski definition) is 15. The average molecular weight is 1000 g/mol. The van der Waals surface area contributed by atoms with Crippen LogP contribution >= 0.6 is 0 Å². The monoisotopic (exact) mass is 1000 g/mol. The molecular formula is C45H67N11O15. The van der Waals surface area contributed by atoms with Gasteiger partial charge in [-0.15, -0.1) is 0 Å². The van der Waals surface area contributed by atoms with Crippen molar-refractivity contribution in [1.29, 1.82) is 0 Å². The molecule has 14 N–H and O–H groups in total. The summed E-state index contributed by atoms with van der Waals surface area (Å²) in [6.07, 6.45) is -5.04. The number of aliphatic hydroxyl groups is 2. The van der Waals surface area contributed by atoms with E-state index in [0.717, 1.165) is 22.9 Å². The third-order valence-corrected chi connectivity index (χ3v) is 12.2. The molecule has 26 nitrogen and oxygen atoms in total. The molecule has 1 aromatic carbocycles. The Bertz CT molecular complexity index is 2210. The number of likely N-dealkylation sites (N-methyl/N-ethyl adjacent to an activating group) is 1. The number of fused-ring (bicyclic) bond motifs is 1. The standard InChI is InChI=1S/C45H67N11O15/c1-8-21(3)14-15-26-35(60)41(66)48-25(9-2)43(68)55(6)20-32(59)52-34(36(61)42(67)54-45(47)70)40(65)53-33(23(5)71-7)44(69)56-19-22(4)16-29(56)39(64)51-27(17-24-12-10-11-13-30(24)57)37(62)50-28(18-31(46)58)38(63)49-26/h9-13,21-23,26-29,33-36,57,60-61H,8,14-20H2,1-7H3,(H2,46,58)(H,48,66)(H,49,63)(H,50,62)(H,51,64)(H,52,59)(H,53,65)(H3,47,54,67,70)/b25-9-/t21-,22-,23+,26+,27-,28-,29-,33-,34+,35+,36-/m0/s1. The maximum absolute atomic E-state index is 14.6. The number of nitrogens with two attached hydrogens (primary N) is 2. The number of allylic oxidation sites excluding steroid dienone is 1. The van der Waals surface area contributed by atoms with E-state index in [0.29, 0.717) is 12.8 Å². The third-order valence-electron chi connectivity index (χ3n) is 12.2. The van der Waals surface area contributed by atoms with Crippen LogP contribution in [0.5, 0.6) is 5.75 Å². The first kappa shape index (κ1) is 58.1. The summed E-state index contributed by atoms with van der Waals surface area (Å²) in [6, 6.07) is -5.87. The summed E-state index contributed by atoms with van der Waals surface area (Å²) in [6.45, 7) is 7.13. The van der Waals surface area contributed by atoms with Gasteiger partial charge in [-0.1, -0.05) is 51.5 Å². The lowest BCUT2D eigenvalue weighted by atomic mass is 9.95. The second kappa shape index (κ2) is 26.7. The van der Waals surface area contributed by atoms with Gasteiger partial charge in [0, 0.05) is 27.1 Å². The number of hydrogen-bond donors (Lipinski definition) is 12. The second-order valence-corrected chi connectivity index (χ2v) is 17.7. The number of primary amides is 2. The molecule has 11 atom stereocenters. The van der Waals surface area contributed by atoms with Gasteiger partial charge in [0.25, 0.3) is 17.7 Å². The Hall–Kier alpha value is -7.19. The Morgan fingerprint density at radius 3 is 2.13 bits per heavy atom. The van der Waals surface area contributed by atoms with Crippen molar-refractivity contribution in [1.82, 2.24) is 47.0 Å². The molecule has 2 aliphatic heterocycles. The molecule has 12 amide bonds. The minimum Gasteiger partial charge on any atom is -0.508 e. The van der Waals surface area contributed by atoms with Crippen molar-refractivity contribution in [3.05, 3.63) is 41.6 Å². The zero-order chi connectivity index (χ0) is 53.4. The molecular weight excluding hydrogens is 935 g/mol. The SMILES string of the molecule is C/C=C1\NC(=O)[C@H](O)[C@@H](CC[C@@H](C)CC)NC(=O)[C@H](CC(N)=O)NC(=O)[C@H](Cc2ccccc2O)NC(=O)[C@@H]2C[C@H](C)CN2C(=O)[C@H]([C@@H](C)OC)NC(=O)[C@@H]([C@H](O)C(=O)NC(N)=O)NC(=O)CN(C)C1=O. The van der Waals surface area contributed by atoms with Crippen LogP contribution < -0.4 is 48.7 Å². The molecule has 0 unspecified atom stereocenters. The van der Waals surface area contributed by atoms with E-state index in [1.165, 1.54) is 45.2 Å². The number of rotatable bonds is 12. The number of methoxy groups -OCH3 is 1.